The highest BCUT2D eigenvalue weighted by molar-refractivity contribution is 7.99. The first-order valence-corrected chi connectivity index (χ1v) is 11.4. The fourth-order valence-electron chi connectivity index (χ4n) is 4.89. The lowest BCUT2D eigenvalue weighted by Crippen LogP contribution is -2.29. The predicted octanol–water partition coefficient (Wildman–Crippen LogP) is 5.64. The molecule has 1 fully saturated rings. The molecule has 1 saturated carbocycles. The van der Waals surface area contributed by atoms with Crippen molar-refractivity contribution in [2.75, 3.05) is 0 Å². The fraction of sp³-hybridized carbons (Fsp3) is 0.458. The maximum Gasteiger partial charge on any atom is 0.303 e. The Morgan fingerprint density at radius 2 is 2.03 bits per heavy atom. The predicted molar refractivity (Wildman–Crippen MR) is 112 cm³/mol. The molecular formula is C24H26O4S. The summed E-state index contributed by atoms with van der Waals surface area (Å²) in [4.78, 5) is 13.2. The van der Waals surface area contributed by atoms with Crippen molar-refractivity contribution in [1.29, 1.82) is 0 Å². The third-order valence-electron chi connectivity index (χ3n) is 6.38. The number of carbonyl (C=O) groups is 1. The molecule has 152 valence electrons. The third kappa shape index (κ3) is 3.85. The Bertz CT molecular complexity index is 932. The zero-order valence-corrected chi connectivity index (χ0v) is 17.3. The second-order valence-corrected chi connectivity index (χ2v) is 9.61. The second-order valence-electron chi connectivity index (χ2n) is 8.50. The van der Waals surface area contributed by atoms with E-state index in [1.54, 1.807) is 11.8 Å². The molecule has 0 radical (unpaired) electrons. The molecule has 1 atom stereocenters. The van der Waals surface area contributed by atoms with Crippen LogP contribution in [-0.2, 0) is 17.6 Å². The van der Waals surface area contributed by atoms with Crippen molar-refractivity contribution in [1.82, 2.24) is 0 Å². The molecule has 1 aliphatic carbocycles. The minimum atomic E-state index is -0.761. The molecule has 0 amide bonds. The van der Waals surface area contributed by atoms with E-state index in [-0.39, 0.29) is 18.1 Å². The molecule has 1 unspecified atom stereocenters. The van der Waals surface area contributed by atoms with Crippen LogP contribution in [-0.4, -0.2) is 22.8 Å². The quantitative estimate of drug-likeness (QED) is 0.691. The number of aliphatic carboxylic acids is 1. The van der Waals surface area contributed by atoms with Crippen LogP contribution < -0.4 is 9.47 Å². The minimum Gasteiger partial charge on any atom is -0.490 e. The number of hydrogen-bond donors (Lipinski definition) is 1. The number of aryl methyl sites for hydroxylation is 1. The lowest BCUT2D eigenvalue weighted by Gasteiger charge is -2.26. The molecule has 2 heterocycles. The van der Waals surface area contributed by atoms with Gasteiger partial charge < -0.3 is 14.6 Å². The van der Waals surface area contributed by atoms with Crippen LogP contribution >= 0.6 is 11.8 Å². The molecule has 2 aliphatic heterocycles. The first-order valence-electron chi connectivity index (χ1n) is 10.6. The molecule has 4 nitrogen and oxygen atoms in total. The van der Waals surface area contributed by atoms with Crippen molar-refractivity contribution < 1.29 is 19.4 Å². The van der Waals surface area contributed by atoms with Crippen LogP contribution in [0.15, 0.2) is 46.2 Å². The summed E-state index contributed by atoms with van der Waals surface area (Å²) < 4.78 is 12.6. The van der Waals surface area contributed by atoms with Crippen molar-refractivity contribution in [2.24, 2.45) is 0 Å². The van der Waals surface area contributed by atoms with Crippen molar-refractivity contribution in [3.63, 3.8) is 0 Å². The standard InChI is InChI=1S/C24H26O4S/c25-22(26)11-8-18-7-6-16-14-19(9-10-20(16)27-18)29-21-5-3-4-17-15-24(28-23(17)21)12-1-2-13-24/h3-5,9-10,14,18H,1-2,6-8,11-13,15H2,(H,25,26). The van der Waals surface area contributed by atoms with Crippen molar-refractivity contribution in [3.05, 3.63) is 47.5 Å². The van der Waals surface area contributed by atoms with E-state index in [0.717, 1.165) is 30.8 Å². The molecular weight excluding hydrogens is 384 g/mol. The second kappa shape index (κ2) is 7.60. The minimum absolute atomic E-state index is 0.00509. The number of rotatable bonds is 5. The highest BCUT2D eigenvalue weighted by atomic mass is 32.2. The van der Waals surface area contributed by atoms with Crippen LogP contribution in [0.1, 0.15) is 56.1 Å². The number of carboxylic acid groups (broad SMARTS) is 1. The Labute approximate surface area is 175 Å². The summed E-state index contributed by atoms with van der Waals surface area (Å²) in [6.07, 6.45) is 8.48. The smallest absolute Gasteiger partial charge is 0.303 e. The van der Waals surface area contributed by atoms with Gasteiger partial charge in [0.2, 0.25) is 0 Å². The monoisotopic (exact) mass is 410 g/mol. The summed E-state index contributed by atoms with van der Waals surface area (Å²) in [6, 6.07) is 12.9. The van der Waals surface area contributed by atoms with Gasteiger partial charge in [-0.3, -0.25) is 4.79 Å². The maximum absolute atomic E-state index is 10.8. The Balaban J connectivity index is 1.31. The molecule has 1 N–H and O–H groups in total. The van der Waals surface area contributed by atoms with Gasteiger partial charge in [-0.15, -0.1) is 0 Å². The molecule has 2 aromatic carbocycles. The van der Waals surface area contributed by atoms with E-state index < -0.39 is 5.97 Å². The summed E-state index contributed by atoms with van der Waals surface area (Å²) in [7, 11) is 0. The van der Waals surface area contributed by atoms with Gasteiger partial charge in [-0.05, 0) is 80.3 Å². The Hall–Kier alpha value is -2.14. The van der Waals surface area contributed by atoms with Gasteiger partial charge in [0.15, 0.2) is 0 Å². The highest BCUT2D eigenvalue weighted by Crippen LogP contribution is 2.49. The van der Waals surface area contributed by atoms with E-state index in [1.165, 1.54) is 46.6 Å². The Morgan fingerprint density at radius 3 is 2.86 bits per heavy atom. The normalized spacial score (nSPS) is 21.3. The first-order chi connectivity index (χ1) is 14.1. The lowest BCUT2D eigenvalue weighted by atomic mass is 9.96. The summed E-state index contributed by atoms with van der Waals surface area (Å²) in [6.45, 7) is 0. The fourth-order valence-corrected chi connectivity index (χ4v) is 5.90. The zero-order chi connectivity index (χ0) is 19.8. The number of fused-ring (bicyclic) bond motifs is 2. The number of carboxylic acids is 1. The largest absolute Gasteiger partial charge is 0.490 e. The average Bonchev–Trinajstić information content (AvgIpc) is 3.33. The highest BCUT2D eigenvalue weighted by Gasteiger charge is 2.42. The van der Waals surface area contributed by atoms with Gasteiger partial charge >= 0.3 is 5.97 Å². The van der Waals surface area contributed by atoms with E-state index in [4.69, 9.17) is 14.6 Å². The van der Waals surface area contributed by atoms with Gasteiger partial charge in [0.1, 0.15) is 17.1 Å². The van der Waals surface area contributed by atoms with Crippen LogP contribution in [0, 0.1) is 0 Å². The van der Waals surface area contributed by atoms with Gasteiger partial charge in [0, 0.05) is 17.7 Å². The van der Waals surface area contributed by atoms with Crippen LogP contribution in [0.4, 0.5) is 0 Å². The molecule has 0 bridgehead atoms. The van der Waals surface area contributed by atoms with Gasteiger partial charge in [-0.25, -0.2) is 0 Å². The van der Waals surface area contributed by atoms with Crippen LogP contribution in [0.5, 0.6) is 11.5 Å². The van der Waals surface area contributed by atoms with Crippen molar-refractivity contribution in [2.45, 2.75) is 79.3 Å². The number of ether oxygens (including phenoxy) is 2. The van der Waals surface area contributed by atoms with Crippen molar-refractivity contribution >= 4 is 17.7 Å². The zero-order valence-electron chi connectivity index (χ0n) is 16.5. The average molecular weight is 411 g/mol. The summed E-state index contributed by atoms with van der Waals surface area (Å²) >= 11 is 1.76. The molecule has 5 rings (SSSR count). The summed E-state index contributed by atoms with van der Waals surface area (Å²) in [5.41, 5.74) is 2.61. The van der Waals surface area contributed by atoms with Gasteiger partial charge in [-0.1, -0.05) is 23.9 Å². The number of para-hydroxylation sites is 1. The molecule has 5 heteroatoms. The van der Waals surface area contributed by atoms with Crippen LogP contribution in [0.3, 0.4) is 0 Å². The van der Waals surface area contributed by atoms with E-state index in [0.29, 0.717) is 6.42 Å². The molecule has 0 saturated heterocycles. The third-order valence-corrected chi connectivity index (χ3v) is 7.41. The lowest BCUT2D eigenvalue weighted by molar-refractivity contribution is -0.137. The van der Waals surface area contributed by atoms with E-state index in [2.05, 4.69) is 30.3 Å². The molecule has 1 spiro atoms. The van der Waals surface area contributed by atoms with Crippen LogP contribution in [0.25, 0.3) is 0 Å². The Kier molecular flexibility index (Phi) is 4.94. The van der Waals surface area contributed by atoms with E-state index in [1.807, 2.05) is 6.07 Å². The van der Waals surface area contributed by atoms with Gasteiger partial charge in [0.25, 0.3) is 0 Å². The summed E-state index contributed by atoms with van der Waals surface area (Å²) in [5.74, 6) is 1.22. The SMILES string of the molecule is O=C(O)CCC1CCc2cc(Sc3cccc4c3OC3(CCCC3)C4)ccc2O1. The van der Waals surface area contributed by atoms with Crippen LogP contribution in [0.2, 0.25) is 0 Å². The van der Waals surface area contributed by atoms with E-state index >= 15 is 0 Å². The first kappa shape index (κ1) is 18.9. The topological polar surface area (TPSA) is 55.8 Å². The molecule has 0 aromatic heterocycles. The van der Waals surface area contributed by atoms with E-state index in [9.17, 15) is 4.79 Å². The molecule has 29 heavy (non-hydrogen) atoms. The molecule has 2 aromatic rings. The number of hydrogen-bond acceptors (Lipinski definition) is 4. The molecule has 3 aliphatic rings. The summed E-state index contributed by atoms with van der Waals surface area (Å²) in [5, 5.41) is 8.88. The Morgan fingerprint density at radius 1 is 1.17 bits per heavy atom. The maximum atomic E-state index is 10.8. The number of benzene rings is 2. The van der Waals surface area contributed by atoms with Gasteiger partial charge in [0.05, 0.1) is 11.0 Å². The van der Waals surface area contributed by atoms with Crippen molar-refractivity contribution in [3.8, 4) is 11.5 Å². The van der Waals surface area contributed by atoms with Gasteiger partial charge in [-0.2, -0.15) is 0 Å².